The van der Waals surface area contributed by atoms with Crippen molar-refractivity contribution >= 4 is 23.5 Å². The van der Waals surface area contributed by atoms with Crippen molar-refractivity contribution in [2.45, 2.75) is 17.9 Å². The fraction of sp³-hybridized carbons (Fsp3) is 0.250. The maximum atomic E-state index is 14.6. The van der Waals surface area contributed by atoms with Gasteiger partial charge in [-0.25, -0.2) is 0 Å². The van der Waals surface area contributed by atoms with Crippen LogP contribution in [0.2, 0.25) is 0 Å². The predicted octanol–water partition coefficient (Wildman–Crippen LogP) is 2.57. The van der Waals surface area contributed by atoms with E-state index in [1.807, 2.05) is 60.7 Å². The average molecular weight is 370 g/mol. The summed E-state index contributed by atoms with van der Waals surface area (Å²) in [6.07, 6.45) is 1.45. The molecular formula is C20H19O5P. The maximum absolute atomic E-state index is 14.6. The van der Waals surface area contributed by atoms with Crippen molar-refractivity contribution < 1.29 is 23.6 Å². The van der Waals surface area contributed by atoms with Crippen LogP contribution in [0.5, 0.6) is 0 Å². The number of allylic oxidation sites excluding steroid dienone is 1. The molecule has 1 saturated heterocycles. The summed E-state index contributed by atoms with van der Waals surface area (Å²) in [6.45, 7) is -0.0347. The van der Waals surface area contributed by atoms with E-state index in [9.17, 15) is 9.36 Å². The first kappa shape index (κ1) is 17.2. The second-order valence-electron chi connectivity index (χ2n) is 6.30. The van der Waals surface area contributed by atoms with Crippen molar-refractivity contribution in [1.82, 2.24) is 0 Å². The maximum Gasteiger partial charge on any atom is 0.241 e. The Hall–Kier alpha value is -2.20. The van der Waals surface area contributed by atoms with E-state index in [2.05, 4.69) is 0 Å². The molecule has 0 spiro atoms. The molecular weight excluding hydrogens is 351 g/mol. The summed E-state index contributed by atoms with van der Waals surface area (Å²) in [5, 5.41) is 1.33. The predicted molar refractivity (Wildman–Crippen MR) is 98.0 cm³/mol. The minimum atomic E-state index is -3.28. The molecule has 2 aromatic carbocycles. The minimum Gasteiger partial charge on any atom is -0.466 e. The second kappa shape index (κ2) is 6.51. The van der Waals surface area contributed by atoms with E-state index in [-0.39, 0.29) is 19.0 Å². The van der Waals surface area contributed by atoms with Gasteiger partial charge in [0.15, 0.2) is 25.5 Å². The molecule has 1 heterocycles. The number of carbonyl (C=O) groups excluding carboxylic acids is 1. The van der Waals surface area contributed by atoms with Crippen molar-refractivity contribution in [2.24, 2.45) is 0 Å². The molecule has 0 bridgehead atoms. The van der Waals surface area contributed by atoms with Gasteiger partial charge in [-0.3, -0.25) is 4.79 Å². The van der Waals surface area contributed by atoms with E-state index in [0.717, 1.165) is 0 Å². The van der Waals surface area contributed by atoms with Gasteiger partial charge in [-0.2, -0.15) is 0 Å². The summed E-state index contributed by atoms with van der Waals surface area (Å²) in [5.41, 5.74) is -0.709. The van der Waals surface area contributed by atoms with Crippen LogP contribution in [-0.2, 0) is 23.6 Å². The lowest BCUT2D eigenvalue weighted by Crippen LogP contribution is -2.51. The summed E-state index contributed by atoms with van der Waals surface area (Å²) in [7, 11) is -1.79. The third kappa shape index (κ3) is 2.47. The Bertz CT molecular complexity index is 849. The third-order valence-corrected chi connectivity index (χ3v) is 8.51. The lowest BCUT2D eigenvalue weighted by Gasteiger charge is -2.40. The number of hydrogen-bond acceptors (Lipinski definition) is 5. The van der Waals surface area contributed by atoms with Crippen LogP contribution in [0.25, 0.3) is 0 Å². The van der Waals surface area contributed by atoms with Crippen molar-refractivity contribution in [1.29, 1.82) is 0 Å². The van der Waals surface area contributed by atoms with Gasteiger partial charge in [0.1, 0.15) is 0 Å². The largest absolute Gasteiger partial charge is 0.466 e. The first-order valence-corrected chi connectivity index (χ1v) is 10.2. The van der Waals surface area contributed by atoms with Gasteiger partial charge in [0.25, 0.3) is 0 Å². The van der Waals surface area contributed by atoms with Crippen LogP contribution in [0.15, 0.2) is 72.5 Å². The molecule has 2 aliphatic rings. The molecule has 5 nitrogen and oxygen atoms in total. The molecule has 0 radical (unpaired) electrons. The van der Waals surface area contributed by atoms with Crippen LogP contribution in [0, 0.1) is 0 Å². The second-order valence-corrected chi connectivity index (χ2v) is 9.27. The smallest absolute Gasteiger partial charge is 0.241 e. The molecule has 1 aliphatic heterocycles. The zero-order chi connectivity index (χ0) is 18.2. The van der Waals surface area contributed by atoms with Crippen molar-refractivity contribution in [2.75, 3.05) is 13.9 Å². The molecule has 26 heavy (non-hydrogen) atoms. The van der Waals surface area contributed by atoms with Gasteiger partial charge >= 0.3 is 0 Å². The van der Waals surface area contributed by atoms with Gasteiger partial charge in [0.05, 0.1) is 5.66 Å². The standard InChI is InChI=1S/C20H19O5P/c1-23-20-18(24-14-25-20)12-15(21)13-19(20)26(22,16-8-4-2-5-9-16)17-10-6-3-7-11-17/h2-12,19H,13-14H2,1H3/t19-,20+/m0/s1. The highest BCUT2D eigenvalue weighted by molar-refractivity contribution is 7.79. The summed E-state index contributed by atoms with van der Waals surface area (Å²) in [4.78, 5) is 12.4. The number of hydrogen-bond donors (Lipinski definition) is 0. The van der Waals surface area contributed by atoms with Crippen LogP contribution in [-0.4, -0.2) is 31.1 Å². The molecule has 6 heteroatoms. The van der Waals surface area contributed by atoms with Crippen LogP contribution >= 0.6 is 7.14 Å². The summed E-state index contributed by atoms with van der Waals surface area (Å²) < 4.78 is 31.6. The Kier molecular flexibility index (Phi) is 4.31. The van der Waals surface area contributed by atoms with Crippen LogP contribution in [0.1, 0.15) is 6.42 Å². The van der Waals surface area contributed by atoms with Crippen LogP contribution < -0.4 is 10.6 Å². The highest BCUT2D eigenvalue weighted by Crippen LogP contribution is 2.59. The van der Waals surface area contributed by atoms with Crippen LogP contribution in [0.4, 0.5) is 0 Å². The molecule has 2 atom stereocenters. The monoisotopic (exact) mass is 370 g/mol. The molecule has 0 aromatic heterocycles. The van der Waals surface area contributed by atoms with E-state index in [1.165, 1.54) is 13.2 Å². The Morgan fingerprint density at radius 1 is 1.04 bits per heavy atom. The number of fused-ring (bicyclic) bond motifs is 1. The highest BCUT2D eigenvalue weighted by atomic mass is 31.2. The molecule has 4 rings (SSSR count). The zero-order valence-electron chi connectivity index (χ0n) is 14.3. The first-order chi connectivity index (χ1) is 12.6. The molecule has 1 aliphatic carbocycles. The minimum absolute atomic E-state index is 0.0347. The third-order valence-electron chi connectivity index (χ3n) is 4.98. The van der Waals surface area contributed by atoms with Crippen LogP contribution in [0.3, 0.4) is 0 Å². The van der Waals surface area contributed by atoms with Crippen molar-refractivity contribution in [3.8, 4) is 0 Å². The van der Waals surface area contributed by atoms with Crippen molar-refractivity contribution in [3.05, 3.63) is 72.5 Å². The van der Waals surface area contributed by atoms with Gasteiger partial charge in [0, 0.05) is 30.2 Å². The van der Waals surface area contributed by atoms with E-state index in [1.54, 1.807) is 0 Å². The lowest BCUT2D eigenvalue weighted by atomic mass is 9.98. The Labute approximate surface area is 151 Å². The summed E-state index contributed by atoms with van der Waals surface area (Å²) >= 11 is 0. The normalized spacial score (nSPS) is 25.3. The SMILES string of the molecule is CO[C@@]12OCOC1=CC(=O)C[C@@H]2P(=O)(c1ccccc1)c1ccccc1. The quantitative estimate of drug-likeness (QED) is 0.774. The number of ether oxygens (including phenoxy) is 3. The van der Waals surface area contributed by atoms with Crippen molar-refractivity contribution in [3.63, 3.8) is 0 Å². The van der Waals surface area contributed by atoms with Gasteiger partial charge in [-0.05, 0) is 0 Å². The van der Waals surface area contributed by atoms with E-state index in [0.29, 0.717) is 16.4 Å². The Balaban J connectivity index is 1.97. The number of ketones is 1. The van der Waals surface area contributed by atoms with E-state index >= 15 is 0 Å². The summed E-state index contributed by atoms with van der Waals surface area (Å²) in [5.74, 6) is -1.17. The lowest BCUT2D eigenvalue weighted by molar-refractivity contribution is -0.178. The summed E-state index contributed by atoms with van der Waals surface area (Å²) in [6, 6.07) is 18.4. The number of methoxy groups -OCH3 is 1. The van der Waals surface area contributed by atoms with Gasteiger partial charge < -0.3 is 18.8 Å². The number of benzene rings is 2. The number of carbonyl (C=O) groups is 1. The molecule has 2 aromatic rings. The zero-order valence-corrected chi connectivity index (χ0v) is 15.2. The van der Waals surface area contributed by atoms with Gasteiger partial charge in [0.2, 0.25) is 5.79 Å². The molecule has 0 N–H and O–H groups in total. The Morgan fingerprint density at radius 2 is 1.62 bits per heavy atom. The van der Waals surface area contributed by atoms with E-state index < -0.39 is 18.6 Å². The Morgan fingerprint density at radius 3 is 2.15 bits per heavy atom. The molecule has 0 amide bonds. The molecule has 0 unspecified atom stereocenters. The molecule has 0 saturated carbocycles. The van der Waals surface area contributed by atoms with Gasteiger partial charge in [-0.15, -0.1) is 0 Å². The molecule has 134 valence electrons. The first-order valence-electron chi connectivity index (χ1n) is 8.39. The molecule has 1 fully saturated rings. The topological polar surface area (TPSA) is 61.8 Å². The van der Waals surface area contributed by atoms with Gasteiger partial charge in [-0.1, -0.05) is 60.7 Å². The average Bonchev–Trinajstić information content (AvgIpc) is 3.12. The van der Waals surface area contributed by atoms with E-state index in [4.69, 9.17) is 14.2 Å². The fourth-order valence-corrected chi connectivity index (χ4v) is 7.23. The highest BCUT2D eigenvalue weighted by Gasteiger charge is 2.60. The fourth-order valence-electron chi connectivity index (χ4n) is 3.76. The number of rotatable bonds is 4.